The van der Waals surface area contributed by atoms with Crippen molar-refractivity contribution in [3.8, 4) is 0 Å². The van der Waals surface area contributed by atoms with Crippen LogP contribution in [0.2, 0.25) is 0 Å². The third kappa shape index (κ3) is 18.7. The molecule has 0 saturated carbocycles. The Bertz CT molecular complexity index is 2690. The van der Waals surface area contributed by atoms with Crippen LogP contribution >= 0.6 is 0 Å². The maximum atomic E-state index is 5.52. The molecule has 89 heavy (non-hydrogen) atoms. The van der Waals surface area contributed by atoms with E-state index in [0.29, 0.717) is 73.3 Å². The lowest BCUT2D eigenvalue weighted by Crippen LogP contribution is -2.62. The van der Waals surface area contributed by atoms with E-state index in [9.17, 15) is 0 Å². The van der Waals surface area contributed by atoms with E-state index >= 15 is 0 Å². The van der Waals surface area contributed by atoms with Crippen molar-refractivity contribution in [2.75, 3.05) is 109 Å². The van der Waals surface area contributed by atoms with E-state index in [4.69, 9.17) is 44.9 Å². The number of aromatic nitrogens is 9. The molecule has 3 aromatic heterocycles. The summed E-state index contributed by atoms with van der Waals surface area (Å²) in [6.45, 7) is 50.2. The van der Waals surface area contributed by atoms with Gasteiger partial charge in [-0.05, 0) is 223 Å². The minimum absolute atomic E-state index is 0.0133. The second kappa shape index (κ2) is 25.2. The summed E-state index contributed by atoms with van der Waals surface area (Å²) in [5.74, 6) is 5.65. The highest BCUT2D eigenvalue weighted by atomic mass is 15.4. The molecule has 23 nitrogen and oxygen atoms in total. The van der Waals surface area contributed by atoms with E-state index in [2.05, 4.69) is 252 Å². The smallest absolute Gasteiger partial charge is 0.233 e. The van der Waals surface area contributed by atoms with Crippen LogP contribution in [0.4, 0.5) is 47.6 Å². The van der Waals surface area contributed by atoms with E-state index in [1.165, 1.54) is 0 Å². The zero-order chi connectivity index (χ0) is 66.0. The van der Waals surface area contributed by atoms with Gasteiger partial charge in [0.15, 0.2) is 0 Å². The number of anilines is 8. The van der Waals surface area contributed by atoms with Gasteiger partial charge in [0, 0.05) is 134 Å². The second-order valence-electron chi connectivity index (χ2n) is 34.7. The van der Waals surface area contributed by atoms with Gasteiger partial charge in [0.1, 0.15) is 5.82 Å². The highest BCUT2D eigenvalue weighted by molar-refractivity contribution is 5.51. The lowest BCUT2D eigenvalue weighted by atomic mass is 9.79. The molecule has 3 aromatic rings. The Hall–Kier alpha value is -4.81. The van der Waals surface area contributed by atoms with Crippen LogP contribution in [-0.4, -0.2) is 204 Å². The van der Waals surface area contributed by atoms with Crippen LogP contribution in [0.1, 0.15) is 215 Å². The van der Waals surface area contributed by atoms with E-state index < -0.39 is 0 Å². The lowest BCUT2D eigenvalue weighted by Gasteiger charge is -2.49. The summed E-state index contributed by atoms with van der Waals surface area (Å²) in [6, 6.07) is 1.01. The SMILES string of the molecule is Cc1nc(NCN(C)CCCN(CNc2nc(N(C)C3CC(C)(C)NC(C)(C)C3)nc(N(C)C3CC(C)(C)NC(C)(C)C3)n2)c2nc(N(C)C3CC(C)(C)NC(C)(C)C3)nc(N(C)C3CC(C)(C)NC(C)(C)C3)n2)nc(N(C)C2CC(C)(C)NC(C)(C)C2)n1. The quantitative estimate of drug-likeness (QED) is 0.0496. The maximum absolute atomic E-state index is 5.52. The molecule has 0 atom stereocenters. The van der Waals surface area contributed by atoms with Crippen LogP contribution in [0, 0.1) is 6.92 Å². The summed E-state index contributed by atoms with van der Waals surface area (Å²) in [6.07, 6.45) is 10.2. The van der Waals surface area contributed by atoms with Crippen molar-refractivity contribution in [3.05, 3.63) is 5.82 Å². The number of hydrogen-bond acceptors (Lipinski definition) is 23. The van der Waals surface area contributed by atoms with Gasteiger partial charge in [-0.3, -0.25) is 4.90 Å². The first-order valence-corrected chi connectivity index (χ1v) is 33.4. The Morgan fingerprint density at radius 2 is 0.551 bits per heavy atom. The third-order valence-corrected chi connectivity index (χ3v) is 19.3. The Morgan fingerprint density at radius 1 is 0.315 bits per heavy atom. The van der Waals surface area contributed by atoms with Crippen molar-refractivity contribution in [1.82, 2.24) is 76.3 Å². The van der Waals surface area contributed by atoms with Gasteiger partial charge in [-0.25, -0.2) is 0 Å². The van der Waals surface area contributed by atoms with E-state index in [1.807, 2.05) is 6.92 Å². The molecule has 0 radical (unpaired) electrons. The van der Waals surface area contributed by atoms with Crippen molar-refractivity contribution in [2.45, 2.75) is 302 Å². The average Bonchev–Trinajstić information content (AvgIpc) is 1.17. The minimum atomic E-state index is -0.0903. The predicted molar refractivity (Wildman–Crippen MR) is 369 cm³/mol. The molecule has 0 spiro atoms. The standard InChI is InChI=1S/C66H123N23/c1-43-69-49(71-51(70-43)84(23)44-31-57(2,3)78-58(4,5)32-44)67-41-83(22)29-28-30-89(56-76-54(87(26)47-37-63(14,15)81-64(16,17)38-47)75-55(77-56)88(27)48-39-65(18,19)82-66(20,21)40-48)42-68-50-72-52(85(24)45-33-59(6,7)79-60(8,9)34-45)74-53(73-50)86(25)46-35-61(10,11)80-62(12,13)36-46/h44-48,78-82H,28-42H2,1-27H3,(H,67,69,70,71)(H,68,72,73,74). The summed E-state index contributed by atoms with van der Waals surface area (Å²) < 4.78 is 0. The van der Waals surface area contributed by atoms with Gasteiger partial charge in [0.2, 0.25) is 47.6 Å². The first-order chi connectivity index (χ1) is 40.7. The van der Waals surface area contributed by atoms with Gasteiger partial charge in [0.25, 0.3) is 0 Å². The van der Waals surface area contributed by atoms with Gasteiger partial charge in [-0.1, -0.05) is 0 Å². The van der Waals surface area contributed by atoms with Crippen LogP contribution in [0.25, 0.3) is 0 Å². The van der Waals surface area contributed by atoms with Crippen molar-refractivity contribution >= 4 is 47.6 Å². The van der Waals surface area contributed by atoms with Gasteiger partial charge in [-0.15, -0.1) is 0 Å². The zero-order valence-electron chi connectivity index (χ0n) is 60.6. The van der Waals surface area contributed by atoms with E-state index in [1.54, 1.807) is 0 Å². The zero-order valence-corrected chi connectivity index (χ0v) is 60.6. The Morgan fingerprint density at radius 3 is 0.843 bits per heavy atom. The molecule has 7 N–H and O–H groups in total. The third-order valence-electron chi connectivity index (χ3n) is 19.3. The number of piperidine rings is 5. The summed E-state index contributed by atoms with van der Waals surface area (Å²) >= 11 is 0. The van der Waals surface area contributed by atoms with Crippen LogP contribution in [0.5, 0.6) is 0 Å². The van der Waals surface area contributed by atoms with Gasteiger partial charge in [-0.2, -0.15) is 44.9 Å². The number of aryl methyl sites for hydroxylation is 1. The van der Waals surface area contributed by atoms with Crippen LogP contribution in [-0.2, 0) is 0 Å². The summed E-state index contributed by atoms with van der Waals surface area (Å²) in [5, 5.41) is 26.8. The van der Waals surface area contributed by atoms with Gasteiger partial charge >= 0.3 is 0 Å². The summed E-state index contributed by atoms with van der Waals surface area (Å²) in [4.78, 5) is 63.1. The fourth-order valence-corrected chi connectivity index (χ4v) is 17.0. The molecule has 0 amide bonds. The molecule has 5 fully saturated rings. The fraction of sp³-hybridized carbons (Fsp3) is 0.864. The van der Waals surface area contributed by atoms with Crippen LogP contribution < -0.4 is 66.6 Å². The normalized spacial score (nSPS) is 23.8. The van der Waals surface area contributed by atoms with Gasteiger partial charge in [0.05, 0.1) is 13.3 Å². The summed E-state index contributed by atoms with van der Waals surface area (Å²) in [5.41, 5.74) is -0.702. The Labute approximate surface area is 537 Å². The monoisotopic (exact) mass is 1240 g/mol. The van der Waals surface area contributed by atoms with Crippen LogP contribution in [0.3, 0.4) is 0 Å². The molecule has 5 saturated heterocycles. The number of hydrogen-bond donors (Lipinski definition) is 7. The van der Waals surface area contributed by atoms with Crippen molar-refractivity contribution in [1.29, 1.82) is 0 Å². The molecule has 0 bridgehead atoms. The summed E-state index contributed by atoms with van der Waals surface area (Å²) in [7, 11) is 12.9. The van der Waals surface area contributed by atoms with Crippen LogP contribution in [0.15, 0.2) is 0 Å². The van der Waals surface area contributed by atoms with Crippen molar-refractivity contribution < 1.29 is 0 Å². The lowest BCUT2D eigenvalue weighted by molar-refractivity contribution is 0.159. The topological polar surface area (TPSA) is 223 Å². The molecule has 0 aromatic carbocycles. The first-order valence-electron chi connectivity index (χ1n) is 33.4. The minimum Gasteiger partial charge on any atom is -0.341 e. The highest BCUT2D eigenvalue weighted by Crippen LogP contribution is 2.39. The van der Waals surface area contributed by atoms with Crippen molar-refractivity contribution in [2.24, 2.45) is 0 Å². The van der Waals surface area contributed by atoms with Gasteiger partial charge < -0.3 is 66.6 Å². The largest absolute Gasteiger partial charge is 0.341 e. The number of nitrogens with zero attached hydrogens (tertiary/aromatic N) is 16. The molecule has 0 unspecified atom stereocenters. The molecule has 5 aliphatic heterocycles. The first kappa shape index (κ1) is 70.1. The Balaban J connectivity index is 1.14. The van der Waals surface area contributed by atoms with E-state index in [-0.39, 0.29) is 85.6 Å². The fourth-order valence-electron chi connectivity index (χ4n) is 17.0. The highest BCUT2D eigenvalue weighted by Gasteiger charge is 2.45. The molecular weight excluding hydrogens is 1110 g/mol. The molecular formula is C66H123N23. The van der Waals surface area contributed by atoms with Crippen molar-refractivity contribution in [3.63, 3.8) is 0 Å². The molecule has 8 rings (SSSR count). The molecule has 8 heterocycles. The predicted octanol–water partition coefficient (Wildman–Crippen LogP) is 8.54. The molecule has 5 aliphatic rings. The van der Waals surface area contributed by atoms with E-state index in [0.717, 1.165) is 77.2 Å². The number of rotatable bonds is 21. The Kier molecular flexibility index (Phi) is 19.9. The number of nitrogens with one attached hydrogen (secondary N) is 7. The second-order valence-corrected chi connectivity index (χ2v) is 34.7. The average molecular weight is 1240 g/mol. The maximum Gasteiger partial charge on any atom is 0.233 e. The molecule has 502 valence electrons. The molecule has 23 heteroatoms. The molecule has 0 aliphatic carbocycles.